The Hall–Kier alpha value is -6.52. The van der Waals surface area contributed by atoms with Crippen LogP contribution in [0, 0.1) is 0 Å². The molecule has 60 heavy (non-hydrogen) atoms. The summed E-state index contributed by atoms with van der Waals surface area (Å²) in [5, 5.41) is 8.00. The molecule has 0 saturated heterocycles. The highest BCUT2D eigenvalue weighted by Gasteiger charge is 2.31. The van der Waals surface area contributed by atoms with Crippen molar-refractivity contribution in [1.29, 1.82) is 0 Å². The largest absolute Gasteiger partial charge is 0.744 e. The number of hydrogen-bond donors (Lipinski definition) is 4. The minimum absolute atomic E-state index is 0.166. The van der Waals surface area contributed by atoms with E-state index in [-0.39, 0.29) is 22.9 Å². The molecule has 6 N–H and O–H groups in total. The highest BCUT2D eigenvalue weighted by molar-refractivity contribution is 7.87. The maximum absolute atomic E-state index is 13.4. The Morgan fingerprint density at radius 1 is 0.517 bits per heavy atom. The van der Waals surface area contributed by atoms with E-state index >= 15 is 0 Å². The van der Waals surface area contributed by atoms with Crippen molar-refractivity contribution in [1.82, 2.24) is 0 Å². The van der Waals surface area contributed by atoms with Gasteiger partial charge in [0.15, 0.2) is 0 Å². The molecule has 4 aromatic rings. The van der Waals surface area contributed by atoms with Crippen LogP contribution < -0.4 is 31.8 Å². The summed E-state index contributed by atoms with van der Waals surface area (Å²) in [7, 11) is -19.0. The number of rotatable bonds is 11. The van der Waals surface area contributed by atoms with Gasteiger partial charge in [-0.25, -0.2) is 33.7 Å². The molecule has 314 valence electrons. The first kappa shape index (κ1) is 43.1. The van der Waals surface area contributed by atoms with Gasteiger partial charge in [-0.15, -0.1) is 0 Å². The normalized spacial score (nSPS) is 15.5. The van der Waals surface area contributed by atoms with E-state index in [9.17, 15) is 61.5 Å². The number of ketones is 2. The zero-order valence-electron chi connectivity index (χ0n) is 30.1. The molecule has 0 aliphatic heterocycles. The summed E-state index contributed by atoms with van der Waals surface area (Å²) in [6, 6.07) is 9.85. The topological polar surface area (TPSA) is 382 Å². The number of anilines is 4. The number of nitrogens with two attached hydrogens (primary N) is 2. The number of ether oxygens (including phenoxy) is 2. The summed E-state index contributed by atoms with van der Waals surface area (Å²) in [5.41, 5.74) is 13.1. The average Bonchev–Trinajstić information content (AvgIpc) is 3.15. The van der Waals surface area contributed by atoms with Crippen LogP contribution in [-0.2, 0) is 40.5 Å². The van der Waals surface area contributed by atoms with Crippen LogP contribution in [0.3, 0.4) is 0 Å². The predicted octanol–water partition coefficient (Wildman–Crippen LogP) is 1.51. The molecule has 2 aliphatic carbocycles. The summed E-state index contributed by atoms with van der Waals surface area (Å²) in [6.07, 6.45) is 4.07. The van der Waals surface area contributed by atoms with Crippen LogP contribution in [0.5, 0.6) is 11.5 Å². The van der Waals surface area contributed by atoms with Gasteiger partial charge in [0, 0.05) is 11.1 Å². The highest BCUT2D eigenvalue weighted by atomic mass is 32.2. The van der Waals surface area contributed by atoms with Gasteiger partial charge in [0.05, 0.1) is 67.7 Å². The number of hydrazone groups is 2. The lowest BCUT2D eigenvalue weighted by molar-refractivity contribution is 0.105. The van der Waals surface area contributed by atoms with Gasteiger partial charge in [-0.05, 0) is 59.7 Å². The maximum atomic E-state index is 13.4. The zero-order chi connectivity index (χ0) is 44.3. The first-order valence-electron chi connectivity index (χ1n) is 16.1. The first-order valence-corrected chi connectivity index (χ1v) is 21.8. The van der Waals surface area contributed by atoms with Gasteiger partial charge in [-0.1, -0.05) is 24.3 Å². The van der Waals surface area contributed by atoms with Gasteiger partial charge in [-0.3, -0.25) is 20.4 Å². The van der Waals surface area contributed by atoms with Gasteiger partial charge >= 0.3 is 0 Å². The third-order valence-corrected chi connectivity index (χ3v) is 12.3. The van der Waals surface area contributed by atoms with E-state index in [1.807, 2.05) is 0 Å². The molecule has 6 rings (SSSR count). The van der Waals surface area contributed by atoms with E-state index in [2.05, 4.69) is 21.1 Å². The molecule has 22 nitrogen and oxygen atoms in total. The highest BCUT2D eigenvalue weighted by Crippen LogP contribution is 2.38. The SMILES string of the molecule is COc1cc(-c2ccc(NN=C3C=Cc4c(S(=O)(=O)[O-])cc(S(=O)(=O)[O-])c(N)c4C3=O)c(OC)c2)ccc1NN=C1C=Cc2c(S(=O)(=O)[O-])cc(S(=O)(=O)[O-])c(N)c2C1=O. The Morgan fingerprint density at radius 3 is 1.15 bits per heavy atom. The number of methoxy groups -OCH3 is 2. The molecular weight excluding hydrogens is 877 g/mol. The minimum atomic E-state index is -5.43. The number of nitrogens with zero attached hydrogens (tertiary/aromatic N) is 2. The van der Waals surface area contributed by atoms with Gasteiger partial charge in [0.1, 0.15) is 63.4 Å². The summed E-state index contributed by atoms with van der Waals surface area (Å²) >= 11 is 0. The lowest BCUT2D eigenvalue weighted by atomic mass is 9.93. The molecule has 0 unspecified atom stereocenters. The minimum Gasteiger partial charge on any atom is -0.744 e. The lowest BCUT2D eigenvalue weighted by Gasteiger charge is -2.22. The number of nitrogens with one attached hydrogen (secondary N) is 2. The van der Waals surface area contributed by atoms with Crippen molar-refractivity contribution in [2.45, 2.75) is 19.6 Å². The fourth-order valence-corrected chi connectivity index (χ4v) is 8.87. The Bertz CT molecular complexity index is 2970. The molecule has 0 fully saturated rings. The zero-order valence-corrected chi connectivity index (χ0v) is 33.4. The van der Waals surface area contributed by atoms with Crippen molar-refractivity contribution < 1.29 is 70.9 Å². The molecule has 0 saturated carbocycles. The van der Waals surface area contributed by atoms with Crippen molar-refractivity contribution in [3.8, 4) is 22.6 Å². The number of hydrogen-bond acceptors (Lipinski definition) is 22. The number of fused-ring (bicyclic) bond motifs is 2. The molecule has 0 radical (unpaired) electrons. The standard InChI is InChI=1S/C34H28N6O16S4/c1-55-23-11-15(3-7-19(23)37-39-21-9-5-17-25(57(43,44)45)13-27(59(49,50)51)31(35)29(17)33(21)41)16-4-8-20(24(12-16)56-2)38-40-22-10-6-18-26(58(46,47)48)14-28(60(52,53)54)32(36)30(18)34(22)42/h3-14,37-38H,35-36H2,1-2H3,(H,43,44,45)(H,46,47,48)(H,49,50,51)(H,52,53,54)/p-4. The van der Waals surface area contributed by atoms with Crippen LogP contribution >= 0.6 is 0 Å². The van der Waals surface area contributed by atoms with E-state index in [0.717, 1.165) is 24.3 Å². The third-order valence-electron chi connectivity index (χ3n) is 8.81. The van der Waals surface area contributed by atoms with Crippen molar-refractivity contribution in [2.75, 3.05) is 36.5 Å². The van der Waals surface area contributed by atoms with Gasteiger partial charge in [0.2, 0.25) is 11.6 Å². The number of benzene rings is 4. The van der Waals surface area contributed by atoms with Crippen LogP contribution in [0.2, 0.25) is 0 Å². The van der Waals surface area contributed by atoms with E-state index in [1.54, 1.807) is 24.3 Å². The average molecular weight is 901 g/mol. The summed E-state index contributed by atoms with van der Waals surface area (Å²) in [4.78, 5) is 21.9. The van der Waals surface area contributed by atoms with Crippen molar-refractivity contribution in [3.63, 3.8) is 0 Å². The van der Waals surface area contributed by atoms with Crippen molar-refractivity contribution in [3.05, 3.63) is 82.9 Å². The lowest BCUT2D eigenvalue weighted by Crippen LogP contribution is -2.23. The van der Waals surface area contributed by atoms with E-state index in [0.29, 0.717) is 23.3 Å². The van der Waals surface area contributed by atoms with Gasteiger partial charge < -0.3 is 39.2 Å². The number of carbonyl (C=O) groups excluding carboxylic acids is 2. The van der Waals surface area contributed by atoms with Crippen LogP contribution in [-0.4, -0.2) is 89.1 Å². The Kier molecular flexibility index (Phi) is 11.0. The summed E-state index contributed by atoms with van der Waals surface area (Å²) in [6.45, 7) is 0. The molecule has 26 heteroatoms. The quantitative estimate of drug-likeness (QED) is 0.0941. The molecule has 0 heterocycles. The molecular formula is C34H24N6O16S4-4. The predicted molar refractivity (Wildman–Crippen MR) is 207 cm³/mol. The van der Waals surface area contributed by atoms with Crippen LogP contribution in [0.1, 0.15) is 31.8 Å². The number of Topliss-reactive ketones (excluding diaryl/α,β-unsaturated/α-hetero) is 2. The second-order valence-corrected chi connectivity index (χ2v) is 17.7. The molecule has 4 aromatic carbocycles. The third kappa shape index (κ3) is 8.07. The summed E-state index contributed by atoms with van der Waals surface area (Å²) < 4.78 is 153. The number of carbonyl (C=O) groups is 2. The van der Waals surface area contributed by atoms with Gasteiger partial charge in [0.25, 0.3) is 0 Å². The van der Waals surface area contributed by atoms with Crippen LogP contribution in [0.4, 0.5) is 22.7 Å². The van der Waals surface area contributed by atoms with Crippen molar-refractivity contribution >= 4 is 98.4 Å². The van der Waals surface area contributed by atoms with Gasteiger partial charge in [-0.2, -0.15) is 10.2 Å². The first-order chi connectivity index (χ1) is 27.9. The van der Waals surface area contributed by atoms with E-state index in [1.165, 1.54) is 26.4 Å². The molecule has 0 atom stereocenters. The Balaban J connectivity index is 1.27. The molecule has 0 spiro atoms. The molecule has 0 amide bonds. The van der Waals surface area contributed by atoms with Crippen LogP contribution in [0.25, 0.3) is 23.3 Å². The molecule has 2 aliphatic rings. The maximum Gasteiger partial charge on any atom is 0.215 e. The molecule has 0 bridgehead atoms. The fraction of sp³-hybridized carbons (Fsp3) is 0.0588. The summed E-state index contributed by atoms with van der Waals surface area (Å²) in [5.74, 6) is -1.89. The monoisotopic (exact) mass is 900 g/mol. The molecule has 0 aromatic heterocycles. The van der Waals surface area contributed by atoms with E-state index in [4.69, 9.17) is 20.9 Å². The second-order valence-electron chi connectivity index (χ2n) is 12.3. The fourth-order valence-electron chi connectivity index (χ4n) is 6.05. The smallest absolute Gasteiger partial charge is 0.215 e. The Labute approximate surface area is 339 Å². The van der Waals surface area contributed by atoms with E-state index < -0.39 is 117 Å². The second kappa shape index (κ2) is 15.3. The number of nitrogen functional groups attached to an aromatic ring is 2. The van der Waals surface area contributed by atoms with Crippen LogP contribution in [0.15, 0.2) is 90.5 Å². The Morgan fingerprint density at radius 2 is 0.850 bits per heavy atom. The number of allylic oxidation sites excluding steroid dienone is 2. The van der Waals surface area contributed by atoms with Crippen molar-refractivity contribution in [2.24, 2.45) is 10.2 Å².